The molecule has 0 saturated heterocycles. The van der Waals surface area contributed by atoms with Crippen molar-refractivity contribution in [1.82, 2.24) is 40.5 Å². The molecular formula is C111H127F9N8O8S. The van der Waals surface area contributed by atoms with Crippen molar-refractivity contribution in [3.05, 3.63) is 404 Å². The molecule has 12 rings (SSSR count). The quantitative estimate of drug-likeness (QED) is 0.0140. The molecule has 728 valence electrons. The fourth-order valence-electron chi connectivity index (χ4n) is 15.7. The average molecular weight is 1900 g/mol. The highest BCUT2D eigenvalue weighted by molar-refractivity contribution is 7.09. The van der Waals surface area contributed by atoms with Crippen LogP contribution in [0.15, 0.2) is 254 Å². The first kappa shape index (κ1) is 109. The van der Waals surface area contributed by atoms with Crippen LogP contribution in [0, 0.1) is 48.5 Å². The summed E-state index contributed by atoms with van der Waals surface area (Å²) in [5, 5.41) is 49.9. The molecular weight excluding hydrogens is 1780 g/mol. The van der Waals surface area contributed by atoms with Crippen LogP contribution in [-0.4, -0.2) is 108 Å². The number of carboxylic acid groups (broad SMARTS) is 4. The minimum absolute atomic E-state index is 0.0659. The summed E-state index contributed by atoms with van der Waals surface area (Å²) in [5.41, 5.74) is 18.3. The molecule has 1 unspecified atom stereocenters. The summed E-state index contributed by atoms with van der Waals surface area (Å²) in [6.07, 6.45) is -10.7. The van der Waals surface area contributed by atoms with Crippen molar-refractivity contribution in [3.8, 4) is 0 Å². The van der Waals surface area contributed by atoms with Crippen molar-refractivity contribution in [2.75, 3.05) is 39.3 Å². The van der Waals surface area contributed by atoms with Crippen LogP contribution < -0.4 is 16.0 Å². The molecule has 0 aliphatic carbocycles. The first-order chi connectivity index (χ1) is 64.9. The highest BCUT2D eigenvalue weighted by Crippen LogP contribution is 2.36. The van der Waals surface area contributed by atoms with E-state index in [9.17, 15) is 68.9 Å². The molecule has 0 fully saturated rings. The number of aliphatic carboxylic acids is 2. The van der Waals surface area contributed by atoms with E-state index in [1.165, 1.54) is 86.2 Å². The fourth-order valence-corrected chi connectivity index (χ4v) is 16.3. The minimum Gasteiger partial charge on any atom is -0.481 e. The van der Waals surface area contributed by atoms with E-state index < -0.39 is 65.0 Å². The third kappa shape index (κ3) is 38.8. The number of hydrogen-bond donors (Lipinski definition) is 7. The largest absolute Gasteiger partial charge is 0.481 e. The van der Waals surface area contributed by atoms with Crippen molar-refractivity contribution in [3.63, 3.8) is 0 Å². The van der Waals surface area contributed by atoms with E-state index in [0.717, 1.165) is 135 Å². The molecule has 26 heteroatoms. The smallest absolute Gasteiger partial charge is 0.416 e. The van der Waals surface area contributed by atoms with Gasteiger partial charge in [-0.05, 0) is 232 Å². The van der Waals surface area contributed by atoms with Crippen molar-refractivity contribution in [2.45, 2.75) is 210 Å². The molecule has 1 atom stereocenters. The van der Waals surface area contributed by atoms with Crippen LogP contribution in [0.3, 0.4) is 0 Å². The van der Waals surface area contributed by atoms with Crippen LogP contribution in [0.1, 0.15) is 212 Å². The molecule has 0 bridgehead atoms. The summed E-state index contributed by atoms with van der Waals surface area (Å²) in [6.45, 7) is 33.0. The van der Waals surface area contributed by atoms with Crippen LogP contribution in [0.25, 0.3) is 0 Å². The van der Waals surface area contributed by atoms with Crippen LogP contribution in [0.2, 0.25) is 0 Å². The van der Waals surface area contributed by atoms with Crippen LogP contribution in [-0.2, 0) is 118 Å². The average Bonchev–Trinajstić information content (AvgIpc) is 1.38. The van der Waals surface area contributed by atoms with Gasteiger partial charge in [0.25, 0.3) is 0 Å². The van der Waals surface area contributed by atoms with Crippen molar-refractivity contribution in [1.29, 1.82) is 0 Å². The van der Waals surface area contributed by atoms with Gasteiger partial charge in [-0.15, -0.1) is 11.3 Å². The monoisotopic (exact) mass is 1900 g/mol. The van der Waals surface area contributed by atoms with Gasteiger partial charge >= 0.3 is 42.4 Å². The van der Waals surface area contributed by atoms with Gasteiger partial charge in [0.2, 0.25) is 0 Å². The van der Waals surface area contributed by atoms with Gasteiger partial charge in [0.1, 0.15) is 0 Å². The predicted octanol–water partition coefficient (Wildman–Crippen LogP) is 24.7. The Hall–Kier alpha value is -12.0. The number of alkyl halides is 9. The standard InChI is InChI=1S/C30H38N2O2.C29H33F3N2O2.C28H31F3N2O2.C24H25F3N2O2S/c1-23-6-8-24(9-7-23)20-31-18-5-19-32(21-25-10-14-27(15-11-25)29(33)34)22-26-12-16-28(17-13-26)30(2,3)4;1-21-7-9-23(10-8-21)18-33-11-4-12-34(19-25-6-3-5-24(15-25)17-28(35)36)20-26-13-22(2)14-27(16-26)29(30,31)32;1-20-4-7-22(8-5-20)17-32-14-3-15-33(18-23-9-11-24(12-10-23)27(34)35)19-25-16-21(2)6-13-26(25)28(29,30)31;1-15-8-19(10-21(9-15)24(25,26)27)12-29(13-22-14-32-17(3)28-22)11-18-4-6-20(7-5-18)16(2)23(30)31/h6-17,31H,5,18-22H2,1-4H3,(H,33,34);3,5-10,13-16,33H,4,11-12,17-20H2,1-2H3,(H,35,36);4-13,16,32H,3,14-15,17-19H2,1-2H3,(H,34,35);4-10,14,16H,11-13H2,1-3H3,(H,30,31). The molecule has 7 N–H and O–H groups in total. The van der Waals surface area contributed by atoms with Crippen molar-refractivity contribution >= 4 is 35.2 Å². The van der Waals surface area contributed by atoms with E-state index in [-0.39, 0.29) is 29.5 Å². The summed E-state index contributed by atoms with van der Waals surface area (Å²) in [7, 11) is 0. The third-order valence-corrected chi connectivity index (χ3v) is 23.9. The number of hydrogen-bond acceptors (Lipinski definition) is 13. The molecule has 1 heterocycles. The lowest BCUT2D eigenvalue weighted by atomic mass is 9.87. The molecule has 12 aromatic rings. The van der Waals surface area contributed by atoms with E-state index in [2.05, 4.69) is 162 Å². The second kappa shape index (κ2) is 52.5. The van der Waals surface area contributed by atoms with E-state index >= 15 is 0 Å². The van der Waals surface area contributed by atoms with Gasteiger partial charge in [-0.2, -0.15) is 39.5 Å². The number of carbonyl (C=O) groups is 4. The molecule has 11 aromatic carbocycles. The summed E-state index contributed by atoms with van der Waals surface area (Å²) in [6, 6.07) is 75.1. The number of aryl methyl sites for hydroxylation is 7. The highest BCUT2D eigenvalue weighted by atomic mass is 32.1. The second-order valence-corrected chi connectivity index (χ2v) is 37.5. The molecule has 137 heavy (non-hydrogen) atoms. The van der Waals surface area contributed by atoms with Gasteiger partial charge in [-0.3, -0.25) is 29.2 Å². The van der Waals surface area contributed by atoms with Gasteiger partial charge in [0.15, 0.2) is 0 Å². The number of halogens is 9. The first-order valence-electron chi connectivity index (χ1n) is 45.9. The molecule has 0 saturated carbocycles. The first-order valence-corrected chi connectivity index (χ1v) is 46.8. The molecule has 16 nitrogen and oxygen atoms in total. The Bertz CT molecular complexity index is 5790. The highest BCUT2D eigenvalue weighted by Gasteiger charge is 2.35. The number of rotatable bonds is 42. The SMILES string of the molecule is Cc1cc(CN(Cc2ccc(C(C)C(=O)O)cc2)Cc2csc(C)n2)cc(C(F)(F)F)c1.Cc1ccc(CNCCCN(Cc2ccc(C(=O)O)cc2)Cc2cc(C)ccc2C(F)(F)F)cc1.Cc1ccc(CNCCCN(Cc2ccc(C(=O)O)cc2)Cc2ccc(C(C)(C)C)cc2)cc1.Cc1ccc(CNCCCN(Cc2cccc(CC(=O)O)c2)Cc2cc(C)cc(C(F)(F)F)c2)cc1. The topological polar surface area (TPSA) is 211 Å². The minimum atomic E-state index is -4.42. The van der Waals surface area contributed by atoms with Crippen molar-refractivity contribution in [2.24, 2.45) is 0 Å². The van der Waals surface area contributed by atoms with Gasteiger partial charge in [-0.25, -0.2) is 14.6 Å². The van der Waals surface area contributed by atoms with Crippen LogP contribution >= 0.6 is 11.3 Å². The van der Waals surface area contributed by atoms with Gasteiger partial charge < -0.3 is 36.4 Å². The molecule has 0 spiro atoms. The zero-order valence-corrected chi connectivity index (χ0v) is 80.7. The molecule has 0 aliphatic heterocycles. The Morgan fingerprint density at radius 1 is 0.358 bits per heavy atom. The number of aromatic nitrogens is 1. The van der Waals surface area contributed by atoms with Gasteiger partial charge in [0.05, 0.1) is 50.9 Å². The van der Waals surface area contributed by atoms with Gasteiger partial charge in [-0.1, -0.05) is 248 Å². The van der Waals surface area contributed by atoms with E-state index in [1.54, 1.807) is 88.4 Å². The summed E-state index contributed by atoms with van der Waals surface area (Å²) < 4.78 is 121. The molecule has 0 aliphatic rings. The van der Waals surface area contributed by atoms with Gasteiger partial charge in [0, 0.05) is 104 Å². The Morgan fingerprint density at radius 3 is 1.10 bits per heavy atom. The lowest BCUT2D eigenvalue weighted by Gasteiger charge is -2.25. The third-order valence-electron chi connectivity index (χ3n) is 23.0. The number of thiazole rings is 1. The number of nitrogens with one attached hydrogen (secondary N) is 3. The number of aromatic carboxylic acids is 2. The lowest BCUT2D eigenvalue weighted by molar-refractivity contribution is -0.139. The summed E-state index contributed by atoms with van der Waals surface area (Å²) >= 11 is 1.53. The van der Waals surface area contributed by atoms with Crippen molar-refractivity contribution < 1.29 is 79.1 Å². The predicted molar refractivity (Wildman–Crippen MR) is 525 cm³/mol. The van der Waals surface area contributed by atoms with E-state index in [1.807, 2.05) is 71.5 Å². The summed E-state index contributed by atoms with van der Waals surface area (Å²) in [5.74, 6) is -4.29. The number of carboxylic acids is 4. The molecule has 1 aromatic heterocycles. The Balaban J connectivity index is 0.000000205. The normalized spacial score (nSPS) is 12.0. The lowest BCUT2D eigenvalue weighted by Crippen LogP contribution is -2.28. The number of benzene rings is 11. The Kier molecular flexibility index (Phi) is 41.7. The maximum absolute atomic E-state index is 13.6. The zero-order valence-electron chi connectivity index (χ0n) is 79.9. The molecule has 0 amide bonds. The zero-order chi connectivity index (χ0) is 99.6. The van der Waals surface area contributed by atoms with Crippen LogP contribution in [0.4, 0.5) is 39.5 Å². The summed E-state index contributed by atoms with van der Waals surface area (Å²) in [4.78, 5) is 57.7. The fraction of sp³-hybridized carbons (Fsp3) is 0.342. The maximum atomic E-state index is 13.6. The van der Waals surface area contributed by atoms with E-state index in [0.29, 0.717) is 91.3 Å². The van der Waals surface area contributed by atoms with Crippen LogP contribution in [0.5, 0.6) is 0 Å². The number of nitrogens with zero attached hydrogens (tertiary/aromatic N) is 5. The Morgan fingerprint density at radius 2 is 0.723 bits per heavy atom. The maximum Gasteiger partial charge on any atom is 0.416 e. The molecule has 0 radical (unpaired) electrons. The second-order valence-electron chi connectivity index (χ2n) is 36.4. The Labute approximate surface area is 803 Å². The van der Waals surface area contributed by atoms with E-state index in [4.69, 9.17) is 10.2 Å².